The topological polar surface area (TPSA) is 55.1 Å². The van der Waals surface area contributed by atoms with E-state index in [1.54, 1.807) is 0 Å². The molecule has 0 heterocycles. The Kier molecular flexibility index (Phi) is 4.50. The smallest absolute Gasteiger partial charge is 0.241 e. The second-order valence-electron chi connectivity index (χ2n) is 3.94. The Labute approximate surface area is 105 Å². The fourth-order valence-electron chi connectivity index (χ4n) is 1.48. The van der Waals surface area contributed by atoms with Gasteiger partial charge in [0.05, 0.1) is 11.7 Å². The van der Waals surface area contributed by atoms with E-state index in [0.29, 0.717) is 6.42 Å². The second kappa shape index (κ2) is 5.46. The highest BCUT2D eigenvalue weighted by Crippen LogP contribution is 2.27. The largest absolute Gasteiger partial charge is 0.323 e. The molecule has 3 N–H and O–H groups in total. The number of carbonyl (C=O) groups excluding carboxylic acids is 1. The molecule has 0 aliphatic carbocycles. The third kappa shape index (κ3) is 3.06. The van der Waals surface area contributed by atoms with Crippen LogP contribution in [0.15, 0.2) is 16.6 Å². The lowest BCUT2D eigenvalue weighted by Gasteiger charge is -2.14. The molecule has 0 radical (unpaired) electrons. The van der Waals surface area contributed by atoms with E-state index in [2.05, 4.69) is 21.2 Å². The zero-order valence-corrected chi connectivity index (χ0v) is 11.4. The van der Waals surface area contributed by atoms with Gasteiger partial charge < -0.3 is 11.1 Å². The van der Waals surface area contributed by atoms with Crippen LogP contribution in [0.4, 0.5) is 5.69 Å². The van der Waals surface area contributed by atoms with E-state index in [9.17, 15) is 4.79 Å². The van der Waals surface area contributed by atoms with Gasteiger partial charge in [-0.1, -0.05) is 13.0 Å². The van der Waals surface area contributed by atoms with E-state index in [4.69, 9.17) is 5.73 Å². The molecule has 16 heavy (non-hydrogen) atoms. The number of carbonyl (C=O) groups is 1. The normalized spacial score (nSPS) is 12.3. The minimum absolute atomic E-state index is 0.143. The molecule has 0 spiro atoms. The fraction of sp³-hybridized carbons (Fsp3) is 0.417. The Bertz CT molecular complexity index is 381. The minimum atomic E-state index is -0.451. The zero-order valence-electron chi connectivity index (χ0n) is 9.80. The summed E-state index contributed by atoms with van der Waals surface area (Å²) in [5.74, 6) is -0.143. The SMILES string of the molecule is CCC(N)C(=O)Nc1c(C)cc(C)cc1Br. The van der Waals surface area contributed by atoms with Crippen molar-refractivity contribution in [2.45, 2.75) is 33.2 Å². The third-order valence-corrected chi connectivity index (χ3v) is 3.08. The van der Waals surface area contributed by atoms with E-state index in [1.807, 2.05) is 32.9 Å². The highest BCUT2D eigenvalue weighted by Gasteiger charge is 2.14. The lowest BCUT2D eigenvalue weighted by atomic mass is 10.1. The van der Waals surface area contributed by atoms with Crippen molar-refractivity contribution in [3.8, 4) is 0 Å². The van der Waals surface area contributed by atoms with Crippen molar-refractivity contribution in [1.29, 1.82) is 0 Å². The summed E-state index contributed by atoms with van der Waals surface area (Å²) >= 11 is 3.44. The number of hydrogen-bond donors (Lipinski definition) is 2. The van der Waals surface area contributed by atoms with Gasteiger partial charge in [-0.15, -0.1) is 0 Å². The Morgan fingerprint density at radius 1 is 1.50 bits per heavy atom. The number of amides is 1. The van der Waals surface area contributed by atoms with Gasteiger partial charge in [0.25, 0.3) is 0 Å². The Morgan fingerprint density at radius 2 is 2.12 bits per heavy atom. The number of nitrogens with one attached hydrogen (secondary N) is 1. The molecule has 4 heteroatoms. The molecule has 88 valence electrons. The number of nitrogens with two attached hydrogens (primary N) is 1. The average molecular weight is 285 g/mol. The van der Waals surface area contributed by atoms with Crippen molar-refractivity contribution in [1.82, 2.24) is 0 Å². The zero-order chi connectivity index (χ0) is 12.3. The highest BCUT2D eigenvalue weighted by molar-refractivity contribution is 9.10. The minimum Gasteiger partial charge on any atom is -0.323 e. The standard InChI is InChI=1S/C12H17BrN2O/c1-4-10(14)12(16)15-11-8(3)5-7(2)6-9(11)13/h5-6,10H,4,14H2,1-3H3,(H,15,16). The van der Waals surface area contributed by atoms with Crippen LogP contribution in [-0.4, -0.2) is 11.9 Å². The summed E-state index contributed by atoms with van der Waals surface area (Å²) in [4.78, 5) is 11.7. The van der Waals surface area contributed by atoms with Gasteiger partial charge in [0.2, 0.25) is 5.91 Å². The lowest BCUT2D eigenvalue weighted by molar-refractivity contribution is -0.117. The van der Waals surface area contributed by atoms with E-state index in [-0.39, 0.29) is 5.91 Å². The number of rotatable bonds is 3. The summed E-state index contributed by atoms with van der Waals surface area (Å²) in [5.41, 5.74) is 8.66. The number of anilines is 1. The van der Waals surface area contributed by atoms with Gasteiger partial charge in [0.1, 0.15) is 0 Å². The third-order valence-electron chi connectivity index (χ3n) is 2.46. The molecule has 1 aromatic carbocycles. The van der Waals surface area contributed by atoms with Gasteiger partial charge in [-0.3, -0.25) is 4.79 Å². The first-order valence-electron chi connectivity index (χ1n) is 5.29. The first kappa shape index (κ1) is 13.2. The Hall–Kier alpha value is -0.870. The van der Waals surface area contributed by atoms with E-state index in [1.165, 1.54) is 0 Å². The number of aryl methyl sites for hydroxylation is 2. The summed E-state index contributed by atoms with van der Waals surface area (Å²) in [6.07, 6.45) is 0.633. The molecule has 0 aliphatic rings. The predicted octanol–water partition coefficient (Wildman–Crippen LogP) is 2.74. The van der Waals surface area contributed by atoms with Crippen LogP contribution in [0.25, 0.3) is 0 Å². The quantitative estimate of drug-likeness (QED) is 0.897. The highest BCUT2D eigenvalue weighted by atomic mass is 79.9. The first-order valence-corrected chi connectivity index (χ1v) is 6.08. The number of benzene rings is 1. The second-order valence-corrected chi connectivity index (χ2v) is 4.80. The maximum atomic E-state index is 11.7. The Balaban J connectivity index is 2.93. The van der Waals surface area contributed by atoms with Crippen LogP contribution in [0.2, 0.25) is 0 Å². The summed E-state index contributed by atoms with van der Waals surface area (Å²) < 4.78 is 0.890. The molecule has 0 saturated heterocycles. The van der Waals surface area contributed by atoms with Gasteiger partial charge in [-0.25, -0.2) is 0 Å². The fourth-order valence-corrected chi connectivity index (χ4v) is 2.25. The molecule has 0 saturated carbocycles. The number of halogens is 1. The average Bonchev–Trinajstić information content (AvgIpc) is 2.21. The van der Waals surface area contributed by atoms with Gasteiger partial charge in [0.15, 0.2) is 0 Å². The van der Waals surface area contributed by atoms with Crippen molar-refractivity contribution >= 4 is 27.5 Å². The van der Waals surface area contributed by atoms with E-state index >= 15 is 0 Å². The molecule has 0 aromatic heterocycles. The molecule has 0 bridgehead atoms. The number of hydrogen-bond acceptors (Lipinski definition) is 2. The van der Waals surface area contributed by atoms with Crippen LogP contribution in [-0.2, 0) is 4.79 Å². The van der Waals surface area contributed by atoms with Crippen LogP contribution in [0.1, 0.15) is 24.5 Å². The van der Waals surface area contributed by atoms with Crippen molar-refractivity contribution < 1.29 is 4.79 Å². The van der Waals surface area contributed by atoms with Crippen LogP contribution in [0.3, 0.4) is 0 Å². The predicted molar refractivity (Wildman–Crippen MR) is 70.5 cm³/mol. The monoisotopic (exact) mass is 284 g/mol. The van der Waals surface area contributed by atoms with E-state index in [0.717, 1.165) is 21.3 Å². The van der Waals surface area contributed by atoms with Gasteiger partial charge in [0, 0.05) is 4.47 Å². The van der Waals surface area contributed by atoms with Crippen LogP contribution < -0.4 is 11.1 Å². The van der Waals surface area contributed by atoms with Crippen LogP contribution in [0, 0.1) is 13.8 Å². The van der Waals surface area contributed by atoms with Crippen molar-refractivity contribution in [2.24, 2.45) is 5.73 Å². The van der Waals surface area contributed by atoms with Gasteiger partial charge in [-0.05, 0) is 53.4 Å². The maximum absolute atomic E-state index is 11.7. The van der Waals surface area contributed by atoms with Gasteiger partial charge in [-0.2, -0.15) is 0 Å². The molecular formula is C12H17BrN2O. The molecule has 1 amide bonds. The molecular weight excluding hydrogens is 268 g/mol. The first-order chi connectivity index (χ1) is 7.45. The summed E-state index contributed by atoms with van der Waals surface area (Å²) in [6, 6.07) is 3.55. The molecule has 1 rings (SSSR count). The molecule has 1 atom stereocenters. The van der Waals surface area contributed by atoms with Crippen LogP contribution in [0.5, 0.6) is 0 Å². The summed E-state index contributed by atoms with van der Waals surface area (Å²) in [7, 11) is 0. The van der Waals surface area contributed by atoms with Crippen molar-refractivity contribution in [3.63, 3.8) is 0 Å². The maximum Gasteiger partial charge on any atom is 0.241 e. The molecule has 3 nitrogen and oxygen atoms in total. The lowest BCUT2D eigenvalue weighted by Crippen LogP contribution is -2.35. The summed E-state index contributed by atoms with van der Waals surface area (Å²) in [6.45, 7) is 5.87. The molecule has 0 fully saturated rings. The van der Waals surface area contributed by atoms with Crippen molar-refractivity contribution in [3.05, 3.63) is 27.7 Å². The summed E-state index contributed by atoms with van der Waals surface area (Å²) in [5, 5.41) is 2.85. The molecule has 1 unspecified atom stereocenters. The van der Waals surface area contributed by atoms with E-state index < -0.39 is 6.04 Å². The van der Waals surface area contributed by atoms with Crippen molar-refractivity contribution in [2.75, 3.05) is 5.32 Å². The molecule has 1 aromatic rings. The Morgan fingerprint density at radius 3 is 2.62 bits per heavy atom. The van der Waals surface area contributed by atoms with Gasteiger partial charge >= 0.3 is 0 Å². The molecule has 0 aliphatic heterocycles. The van der Waals surface area contributed by atoms with Crippen LogP contribution >= 0.6 is 15.9 Å².